The van der Waals surface area contributed by atoms with E-state index in [0.29, 0.717) is 24.3 Å². The Morgan fingerprint density at radius 3 is 2.65 bits per heavy atom. The number of fused-ring (bicyclic) bond motifs is 1. The van der Waals surface area contributed by atoms with Crippen molar-refractivity contribution < 1.29 is 4.79 Å². The van der Waals surface area contributed by atoms with Gasteiger partial charge in [-0.2, -0.15) is 0 Å². The number of hydrogen-bond donors (Lipinski definition) is 1. The molecule has 1 N–H and O–H groups in total. The van der Waals surface area contributed by atoms with Crippen LogP contribution in [0.3, 0.4) is 0 Å². The fourth-order valence-electron chi connectivity index (χ4n) is 2.86. The van der Waals surface area contributed by atoms with Gasteiger partial charge in [-0.15, -0.1) is 0 Å². The van der Waals surface area contributed by atoms with E-state index in [1.54, 1.807) is 11.1 Å². The van der Waals surface area contributed by atoms with Gasteiger partial charge in [0.25, 0.3) is 5.91 Å². The Morgan fingerprint density at radius 2 is 1.96 bits per heavy atom. The molecule has 0 radical (unpaired) electrons. The lowest BCUT2D eigenvalue weighted by Crippen LogP contribution is -2.31. The molecular weight excluding hydrogens is 392 g/mol. The number of hydrogen-bond acceptors (Lipinski definition) is 4. The smallest absolute Gasteiger partial charge is 0.257 e. The van der Waals surface area contributed by atoms with E-state index in [9.17, 15) is 4.79 Å². The summed E-state index contributed by atoms with van der Waals surface area (Å²) in [5.41, 5.74) is 3.69. The molecule has 0 saturated heterocycles. The minimum absolute atomic E-state index is 0.0394. The zero-order valence-corrected chi connectivity index (χ0v) is 16.7. The highest BCUT2D eigenvalue weighted by molar-refractivity contribution is 9.10. The van der Waals surface area contributed by atoms with E-state index in [1.807, 2.05) is 57.2 Å². The molecule has 0 aliphatic heterocycles. The highest BCUT2D eigenvalue weighted by atomic mass is 79.9. The van der Waals surface area contributed by atoms with Crippen LogP contribution >= 0.6 is 15.9 Å². The van der Waals surface area contributed by atoms with E-state index < -0.39 is 0 Å². The summed E-state index contributed by atoms with van der Waals surface area (Å²) >= 11 is 3.49. The molecule has 134 valence electrons. The number of pyridine rings is 2. The monoisotopic (exact) mass is 412 g/mol. The van der Waals surface area contributed by atoms with Gasteiger partial charge in [-0.25, -0.2) is 9.97 Å². The van der Waals surface area contributed by atoms with Gasteiger partial charge in [0.05, 0.1) is 11.3 Å². The van der Waals surface area contributed by atoms with Crippen LogP contribution in [0.1, 0.15) is 29.9 Å². The minimum Gasteiger partial charge on any atom is -0.354 e. The molecule has 5 nitrogen and oxygen atoms in total. The third kappa shape index (κ3) is 3.70. The second kappa shape index (κ2) is 7.83. The van der Waals surface area contributed by atoms with Crippen LogP contribution in [0.4, 0.5) is 11.4 Å². The number of amides is 1. The van der Waals surface area contributed by atoms with Crippen molar-refractivity contribution in [3.63, 3.8) is 0 Å². The first-order valence-corrected chi connectivity index (χ1v) is 9.41. The highest BCUT2D eigenvalue weighted by Crippen LogP contribution is 2.30. The summed E-state index contributed by atoms with van der Waals surface area (Å²) in [7, 11) is 0. The van der Waals surface area contributed by atoms with Gasteiger partial charge in [-0.1, -0.05) is 22.0 Å². The summed E-state index contributed by atoms with van der Waals surface area (Å²) in [4.78, 5) is 23.7. The lowest BCUT2D eigenvalue weighted by atomic mass is 10.1. The van der Waals surface area contributed by atoms with Gasteiger partial charge in [-0.05, 0) is 51.1 Å². The standard InChI is InChI=1S/C20H21BrN4O/c1-4-25(5-2)20(26)17-12-22-19-16(10-9-13(3)23-19)18(17)24-15-8-6-7-14(21)11-15/h6-12H,4-5H2,1-3H3,(H,22,23,24). The van der Waals surface area contributed by atoms with Gasteiger partial charge in [0.1, 0.15) is 0 Å². The topological polar surface area (TPSA) is 58.1 Å². The summed E-state index contributed by atoms with van der Waals surface area (Å²) in [6.45, 7) is 7.17. The van der Waals surface area contributed by atoms with Gasteiger partial charge in [0.15, 0.2) is 5.65 Å². The highest BCUT2D eigenvalue weighted by Gasteiger charge is 2.20. The molecule has 3 aromatic rings. The van der Waals surface area contributed by atoms with Crippen molar-refractivity contribution in [3.8, 4) is 0 Å². The van der Waals surface area contributed by atoms with Gasteiger partial charge >= 0.3 is 0 Å². The third-order valence-corrected chi connectivity index (χ3v) is 4.74. The molecule has 26 heavy (non-hydrogen) atoms. The summed E-state index contributed by atoms with van der Waals surface area (Å²) in [5.74, 6) is -0.0394. The van der Waals surface area contributed by atoms with Crippen LogP contribution in [0, 0.1) is 6.92 Å². The van der Waals surface area contributed by atoms with E-state index in [0.717, 1.165) is 26.9 Å². The Bertz CT molecular complexity index is 954. The molecule has 1 aromatic carbocycles. The fraction of sp³-hybridized carbons (Fsp3) is 0.250. The van der Waals surface area contributed by atoms with Crippen molar-refractivity contribution >= 4 is 44.2 Å². The number of halogens is 1. The number of aromatic nitrogens is 2. The Labute approximate surface area is 161 Å². The van der Waals surface area contributed by atoms with Gasteiger partial charge < -0.3 is 10.2 Å². The van der Waals surface area contributed by atoms with Crippen molar-refractivity contribution in [2.75, 3.05) is 18.4 Å². The van der Waals surface area contributed by atoms with Crippen molar-refractivity contribution in [2.45, 2.75) is 20.8 Å². The van der Waals surface area contributed by atoms with Crippen molar-refractivity contribution in [1.29, 1.82) is 0 Å². The average Bonchev–Trinajstić information content (AvgIpc) is 2.62. The Balaban J connectivity index is 2.17. The van der Waals surface area contributed by atoms with Crippen LogP contribution in [-0.2, 0) is 0 Å². The second-order valence-corrected chi connectivity index (χ2v) is 6.90. The summed E-state index contributed by atoms with van der Waals surface area (Å²) < 4.78 is 0.964. The van der Waals surface area contributed by atoms with E-state index >= 15 is 0 Å². The molecule has 1 amide bonds. The van der Waals surface area contributed by atoms with Crippen LogP contribution in [-0.4, -0.2) is 33.9 Å². The van der Waals surface area contributed by atoms with E-state index in [4.69, 9.17) is 0 Å². The quantitative estimate of drug-likeness (QED) is 0.645. The van der Waals surface area contributed by atoms with Crippen molar-refractivity contribution in [2.24, 2.45) is 0 Å². The maximum atomic E-state index is 13.0. The van der Waals surface area contributed by atoms with Crippen LogP contribution in [0.15, 0.2) is 47.1 Å². The maximum absolute atomic E-state index is 13.0. The molecule has 0 aliphatic carbocycles. The van der Waals surface area contributed by atoms with Crippen molar-refractivity contribution in [3.05, 3.63) is 58.3 Å². The minimum atomic E-state index is -0.0394. The van der Waals surface area contributed by atoms with Gasteiger partial charge in [-0.3, -0.25) is 4.79 Å². The zero-order valence-electron chi connectivity index (χ0n) is 15.1. The fourth-order valence-corrected chi connectivity index (χ4v) is 3.26. The van der Waals surface area contributed by atoms with Crippen LogP contribution < -0.4 is 5.32 Å². The van der Waals surface area contributed by atoms with Crippen LogP contribution in [0.2, 0.25) is 0 Å². The SMILES string of the molecule is CCN(CC)C(=O)c1cnc2nc(C)ccc2c1Nc1cccc(Br)c1. The Hall–Kier alpha value is -2.47. The average molecular weight is 413 g/mol. The first-order chi connectivity index (χ1) is 12.5. The third-order valence-electron chi connectivity index (χ3n) is 4.24. The molecule has 2 aromatic heterocycles. The Kier molecular flexibility index (Phi) is 5.52. The zero-order chi connectivity index (χ0) is 18.7. The molecule has 0 atom stereocenters. The molecule has 0 spiro atoms. The number of benzene rings is 1. The molecule has 0 aliphatic rings. The molecule has 0 saturated carbocycles. The van der Waals surface area contributed by atoms with Gasteiger partial charge in [0, 0.05) is 40.5 Å². The molecule has 0 unspecified atom stereocenters. The molecular formula is C20H21BrN4O. The van der Waals surface area contributed by atoms with Crippen LogP contribution in [0.5, 0.6) is 0 Å². The maximum Gasteiger partial charge on any atom is 0.257 e. The first kappa shape index (κ1) is 18.3. The summed E-state index contributed by atoms with van der Waals surface area (Å²) in [6.07, 6.45) is 1.62. The number of carbonyl (C=O) groups excluding carboxylic acids is 1. The van der Waals surface area contributed by atoms with Crippen LogP contribution in [0.25, 0.3) is 11.0 Å². The first-order valence-electron chi connectivity index (χ1n) is 8.61. The molecule has 6 heteroatoms. The Morgan fingerprint density at radius 1 is 1.19 bits per heavy atom. The molecule has 2 heterocycles. The number of anilines is 2. The summed E-state index contributed by atoms with van der Waals surface area (Å²) in [6, 6.07) is 11.7. The normalized spacial score (nSPS) is 10.8. The number of nitrogens with zero attached hydrogens (tertiary/aromatic N) is 3. The summed E-state index contributed by atoms with van der Waals surface area (Å²) in [5, 5.41) is 4.23. The lowest BCUT2D eigenvalue weighted by molar-refractivity contribution is 0.0774. The predicted molar refractivity (Wildman–Crippen MR) is 109 cm³/mol. The largest absolute Gasteiger partial charge is 0.354 e. The number of carbonyl (C=O) groups is 1. The van der Waals surface area contributed by atoms with E-state index in [2.05, 4.69) is 31.2 Å². The molecule has 0 bridgehead atoms. The number of rotatable bonds is 5. The lowest BCUT2D eigenvalue weighted by Gasteiger charge is -2.21. The number of nitrogens with one attached hydrogen (secondary N) is 1. The van der Waals surface area contributed by atoms with E-state index in [-0.39, 0.29) is 5.91 Å². The predicted octanol–water partition coefficient (Wildman–Crippen LogP) is 4.93. The molecule has 3 rings (SSSR count). The van der Waals surface area contributed by atoms with E-state index in [1.165, 1.54) is 0 Å². The van der Waals surface area contributed by atoms with Crippen molar-refractivity contribution in [1.82, 2.24) is 14.9 Å². The number of aryl methyl sites for hydroxylation is 1. The second-order valence-electron chi connectivity index (χ2n) is 5.98. The molecule has 0 fully saturated rings. The van der Waals surface area contributed by atoms with Gasteiger partial charge in [0.2, 0.25) is 0 Å².